The standard InChI is InChI=1S/C27H25N3O6S/c1-5-13-36-19-8-7-18(14-20(19)35-6-2)22-21(23(32)17-9-11-28-12-10-17)24(33)26(34)30(22)27-29-15(3)25(37-27)16(4)31/h5,7-12,14,22,32H,1,6,13H2,2-4H3/b23-21+. The Labute approximate surface area is 217 Å². The zero-order valence-electron chi connectivity index (χ0n) is 20.6. The Bertz CT molecular complexity index is 1410. The van der Waals surface area contributed by atoms with Gasteiger partial charge in [-0.2, -0.15) is 0 Å². The molecule has 0 saturated carbocycles. The van der Waals surface area contributed by atoms with Crippen molar-refractivity contribution in [3.05, 3.63) is 82.7 Å². The number of pyridine rings is 1. The van der Waals surface area contributed by atoms with Crippen LogP contribution in [0.2, 0.25) is 0 Å². The van der Waals surface area contributed by atoms with Crippen LogP contribution in [0.1, 0.15) is 46.4 Å². The second-order valence-electron chi connectivity index (χ2n) is 8.11. The van der Waals surface area contributed by atoms with E-state index in [1.807, 2.05) is 6.92 Å². The highest BCUT2D eigenvalue weighted by Gasteiger charge is 2.48. The van der Waals surface area contributed by atoms with Crippen LogP contribution >= 0.6 is 11.3 Å². The molecule has 1 amide bonds. The van der Waals surface area contributed by atoms with E-state index < -0.39 is 17.7 Å². The third-order valence-corrected chi connectivity index (χ3v) is 6.91. The average Bonchev–Trinajstić information content (AvgIpc) is 3.40. The van der Waals surface area contributed by atoms with Gasteiger partial charge in [-0.3, -0.25) is 24.3 Å². The quantitative estimate of drug-likeness (QED) is 0.143. The maximum Gasteiger partial charge on any atom is 0.301 e. The topological polar surface area (TPSA) is 119 Å². The lowest BCUT2D eigenvalue weighted by atomic mass is 9.95. The number of aryl methyl sites for hydroxylation is 1. The summed E-state index contributed by atoms with van der Waals surface area (Å²) in [5.41, 5.74) is 1.15. The molecular formula is C27H25N3O6S. The van der Waals surface area contributed by atoms with Gasteiger partial charge in [-0.05, 0) is 43.7 Å². The van der Waals surface area contributed by atoms with E-state index in [1.54, 1.807) is 43.3 Å². The molecule has 1 fully saturated rings. The largest absolute Gasteiger partial charge is 0.507 e. The van der Waals surface area contributed by atoms with Gasteiger partial charge in [-0.15, -0.1) is 0 Å². The van der Waals surface area contributed by atoms with Gasteiger partial charge in [0.2, 0.25) is 0 Å². The van der Waals surface area contributed by atoms with Crippen molar-refractivity contribution in [1.29, 1.82) is 0 Å². The highest BCUT2D eigenvalue weighted by Crippen LogP contribution is 2.45. The Balaban J connectivity index is 1.95. The number of ether oxygens (including phenoxy) is 2. The molecule has 1 atom stereocenters. The van der Waals surface area contributed by atoms with Gasteiger partial charge in [-0.1, -0.05) is 30.1 Å². The van der Waals surface area contributed by atoms with Crippen LogP contribution in [0, 0.1) is 6.92 Å². The van der Waals surface area contributed by atoms with E-state index in [1.165, 1.54) is 24.2 Å². The van der Waals surface area contributed by atoms with Crippen molar-refractivity contribution >= 4 is 39.7 Å². The van der Waals surface area contributed by atoms with Crippen molar-refractivity contribution in [2.45, 2.75) is 26.8 Å². The molecule has 4 rings (SSSR count). The Morgan fingerprint density at radius 1 is 1.19 bits per heavy atom. The predicted molar refractivity (Wildman–Crippen MR) is 139 cm³/mol. The van der Waals surface area contributed by atoms with Crippen molar-refractivity contribution in [3.63, 3.8) is 0 Å². The molecule has 1 aliphatic heterocycles. The number of aliphatic hydroxyl groups is 1. The van der Waals surface area contributed by atoms with E-state index in [4.69, 9.17) is 9.47 Å². The van der Waals surface area contributed by atoms with Crippen molar-refractivity contribution in [2.24, 2.45) is 0 Å². The minimum Gasteiger partial charge on any atom is -0.507 e. The van der Waals surface area contributed by atoms with Crippen LogP contribution < -0.4 is 14.4 Å². The third kappa shape index (κ3) is 4.88. The Morgan fingerprint density at radius 3 is 2.54 bits per heavy atom. The molecule has 37 heavy (non-hydrogen) atoms. The normalized spacial score (nSPS) is 16.6. The number of aliphatic hydroxyl groups excluding tert-OH is 1. The number of Topliss-reactive ketones (excluding diaryl/α,β-unsaturated/α-hetero) is 2. The molecule has 0 spiro atoms. The van der Waals surface area contributed by atoms with E-state index in [0.29, 0.717) is 39.8 Å². The number of amides is 1. The molecule has 3 aromatic rings. The number of hydrogen-bond donors (Lipinski definition) is 1. The van der Waals surface area contributed by atoms with Crippen LogP contribution in [0.5, 0.6) is 11.5 Å². The summed E-state index contributed by atoms with van der Waals surface area (Å²) >= 11 is 1.02. The molecule has 190 valence electrons. The number of anilines is 1. The molecule has 1 unspecified atom stereocenters. The molecule has 3 heterocycles. The lowest BCUT2D eigenvalue weighted by molar-refractivity contribution is -0.132. The van der Waals surface area contributed by atoms with E-state index >= 15 is 0 Å². The fourth-order valence-electron chi connectivity index (χ4n) is 4.05. The summed E-state index contributed by atoms with van der Waals surface area (Å²) in [4.78, 5) is 48.8. The monoisotopic (exact) mass is 519 g/mol. The lowest BCUT2D eigenvalue weighted by Gasteiger charge is -2.24. The smallest absolute Gasteiger partial charge is 0.301 e. The number of hydrogen-bond acceptors (Lipinski definition) is 9. The molecule has 0 bridgehead atoms. The van der Waals surface area contributed by atoms with Gasteiger partial charge in [0.1, 0.15) is 12.4 Å². The SMILES string of the molecule is C=CCOc1ccc(C2/C(=C(\O)c3ccncc3)C(=O)C(=O)N2c2nc(C)c(C(C)=O)s2)cc1OCC. The molecular weight excluding hydrogens is 494 g/mol. The maximum absolute atomic E-state index is 13.4. The van der Waals surface area contributed by atoms with Gasteiger partial charge in [0.15, 0.2) is 22.4 Å². The molecule has 0 aliphatic carbocycles. The highest BCUT2D eigenvalue weighted by atomic mass is 32.1. The fraction of sp³-hybridized carbons (Fsp3) is 0.222. The first-order chi connectivity index (χ1) is 17.8. The van der Waals surface area contributed by atoms with Crippen LogP contribution in [-0.4, -0.2) is 45.8 Å². The van der Waals surface area contributed by atoms with E-state index in [0.717, 1.165) is 11.3 Å². The summed E-state index contributed by atoms with van der Waals surface area (Å²) in [5, 5.41) is 11.4. The number of aromatic nitrogens is 2. The van der Waals surface area contributed by atoms with Crippen molar-refractivity contribution in [1.82, 2.24) is 9.97 Å². The van der Waals surface area contributed by atoms with Gasteiger partial charge in [-0.25, -0.2) is 4.98 Å². The summed E-state index contributed by atoms with van der Waals surface area (Å²) < 4.78 is 11.5. The summed E-state index contributed by atoms with van der Waals surface area (Å²) in [6, 6.07) is 7.07. The first-order valence-electron chi connectivity index (χ1n) is 11.5. The second kappa shape index (κ2) is 10.8. The molecule has 0 radical (unpaired) electrons. The first kappa shape index (κ1) is 25.8. The molecule has 1 aliphatic rings. The zero-order valence-corrected chi connectivity index (χ0v) is 21.4. The summed E-state index contributed by atoms with van der Waals surface area (Å²) in [6.07, 6.45) is 4.55. The summed E-state index contributed by atoms with van der Waals surface area (Å²) in [5.74, 6) is -1.43. The molecule has 2 aromatic heterocycles. The number of carbonyl (C=O) groups excluding carboxylic acids is 3. The molecule has 1 aromatic carbocycles. The predicted octanol–water partition coefficient (Wildman–Crippen LogP) is 4.64. The number of rotatable bonds is 9. The van der Waals surface area contributed by atoms with E-state index in [-0.39, 0.29) is 28.9 Å². The number of benzene rings is 1. The van der Waals surface area contributed by atoms with Crippen molar-refractivity contribution < 1.29 is 29.0 Å². The van der Waals surface area contributed by atoms with Gasteiger partial charge in [0, 0.05) is 24.9 Å². The van der Waals surface area contributed by atoms with Crippen LogP contribution in [0.25, 0.3) is 5.76 Å². The summed E-state index contributed by atoms with van der Waals surface area (Å²) in [6.45, 7) is 9.16. The van der Waals surface area contributed by atoms with Crippen LogP contribution in [-0.2, 0) is 9.59 Å². The van der Waals surface area contributed by atoms with Gasteiger partial charge in [0.05, 0.1) is 28.8 Å². The zero-order chi connectivity index (χ0) is 26.7. The van der Waals surface area contributed by atoms with Crippen molar-refractivity contribution in [3.8, 4) is 11.5 Å². The van der Waals surface area contributed by atoms with Crippen LogP contribution in [0.4, 0.5) is 5.13 Å². The first-order valence-corrected chi connectivity index (χ1v) is 12.3. The van der Waals surface area contributed by atoms with Gasteiger partial charge in [0.25, 0.3) is 5.78 Å². The second-order valence-corrected chi connectivity index (χ2v) is 9.09. The van der Waals surface area contributed by atoms with Crippen LogP contribution in [0.15, 0.2) is 61.0 Å². The van der Waals surface area contributed by atoms with E-state index in [9.17, 15) is 19.5 Å². The number of nitrogens with zero attached hydrogens (tertiary/aromatic N) is 3. The van der Waals surface area contributed by atoms with Crippen LogP contribution in [0.3, 0.4) is 0 Å². The maximum atomic E-state index is 13.4. The Hall–Kier alpha value is -4.31. The number of carbonyl (C=O) groups is 3. The minimum absolute atomic E-state index is 0.115. The number of ketones is 2. The van der Waals surface area contributed by atoms with Gasteiger partial charge < -0.3 is 14.6 Å². The average molecular weight is 520 g/mol. The number of thiazole rings is 1. The lowest BCUT2D eigenvalue weighted by Crippen LogP contribution is -2.29. The minimum atomic E-state index is -1.04. The molecule has 10 heteroatoms. The van der Waals surface area contributed by atoms with E-state index in [2.05, 4.69) is 16.5 Å². The molecule has 1 saturated heterocycles. The third-order valence-electron chi connectivity index (χ3n) is 5.65. The Morgan fingerprint density at radius 2 is 1.92 bits per heavy atom. The van der Waals surface area contributed by atoms with Gasteiger partial charge >= 0.3 is 5.91 Å². The Kier molecular flexibility index (Phi) is 7.49. The fourth-order valence-corrected chi connectivity index (χ4v) is 5.04. The highest BCUT2D eigenvalue weighted by molar-refractivity contribution is 7.18. The molecule has 9 nitrogen and oxygen atoms in total. The summed E-state index contributed by atoms with van der Waals surface area (Å²) in [7, 11) is 0. The van der Waals surface area contributed by atoms with Crippen molar-refractivity contribution in [2.75, 3.05) is 18.1 Å². The molecule has 1 N–H and O–H groups in total.